The number of aromatic nitrogens is 1. The van der Waals surface area contributed by atoms with Crippen LogP contribution in [0.15, 0.2) is 5.51 Å². The molecule has 0 spiro atoms. The highest BCUT2D eigenvalue weighted by Crippen LogP contribution is 2.30. The molecule has 3 nitrogen and oxygen atoms in total. The highest BCUT2D eigenvalue weighted by molar-refractivity contribution is 7.09. The average molecular weight is 224 g/mol. The number of likely N-dealkylation sites (N-methyl/N-ethyl adjacent to an activating group) is 1. The molecule has 1 aliphatic rings. The number of aryl methyl sites for hydroxylation is 1. The van der Waals surface area contributed by atoms with Gasteiger partial charge in [0.05, 0.1) is 17.7 Å². The van der Waals surface area contributed by atoms with Gasteiger partial charge in [0.25, 0.3) is 0 Å². The zero-order valence-corrected chi connectivity index (χ0v) is 10.0. The van der Waals surface area contributed by atoms with Gasteiger partial charge in [-0.3, -0.25) is 9.69 Å². The molecular formula is C11H16N2OS. The van der Waals surface area contributed by atoms with Crippen LogP contribution in [0.25, 0.3) is 0 Å². The Morgan fingerprint density at radius 3 is 2.93 bits per heavy atom. The summed E-state index contributed by atoms with van der Waals surface area (Å²) in [7, 11) is 2.00. The topological polar surface area (TPSA) is 33.2 Å². The van der Waals surface area contributed by atoms with Crippen molar-refractivity contribution in [2.75, 3.05) is 13.6 Å². The number of hydrogen-bond acceptors (Lipinski definition) is 4. The second kappa shape index (κ2) is 4.41. The quantitative estimate of drug-likeness (QED) is 0.765. The lowest BCUT2D eigenvalue weighted by atomic mass is 10.2. The van der Waals surface area contributed by atoms with Gasteiger partial charge in [0, 0.05) is 17.3 Å². The van der Waals surface area contributed by atoms with E-state index in [0.717, 1.165) is 25.1 Å². The molecule has 0 aromatic carbocycles. The van der Waals surface area contributed by atoms with Crippen LogP contribution in [0.2, 0.25) is 0 Å². The van der Waals surface area contributed by atoms with Crippen LogP contribution in [-0.4, -0.2) is 29.3 Å². The monoisotopic (exact) mass is 224 g/mol. The van der Waals surface area contributed by atoms with Crippen molar-refractivity contribution in [3.8, 4) is 0 Å². The molecule has 0 unspecified atom stereocenters. The summed E-state index contributed by atoms with van der Waals surface area (Å²) in [4.78, 5) is 19.1. The highest BCUT2D eigenvalue weighted by atomic mass is 32.1. The summed E-state index contributed by atoms with van der Waals surface area (Å²) in [5.41, 5.74) is 2.95. The van der Waals surface area contributed by atoms with Crippen molar-refractivity contribution in [2.45, 2.75) is 26.3 Å². The predicted octanol–water partition coefficient (Wildman–Crippen LogP) is 1.86. The normalized spacial score (nSPS) is 15.9. The van der Waals surface area contributed by atoms with E-state index in [2.05, 4.69) is 9.88 Å². The van der Waals surface area contributed by atoms with E-state index in [0.29, 0.717) is 18.2 Å². The van der Waals surface area contributed by atoms with Gasteiger partial charge in [0.15, 0.2) is 0 Å². The molecule has 1 fully saturated rings. The Bertz CT molecular complexity index is 357. The van der Waals surface area contributed by atoms with E-state index < -0.39 is 0 Å². The number of nitrogens with zero attached hydrogens (tertiary/aromatic N) is 2. The van der Waals surface area contributed by atoms with Gasteiger partial charge in [-0.25, -0.2) is 4.98 Å². The van der Waals surface area contributed by atoms with Gasteiger partial charge in [-0.05, 0) is 26.8 Å². The maximum absolute atomic E-state index is 11.6. The van der Waals surface area contributed by atoms with Crippen molar-refractivity contribution >= 4 is 17.1 Å². The zero-order chi connectivity index (χ0) is 10.8. The van der Waals surface area contributed by atoms with Crippen molar-refractivity contribution in [1.29, 1.82) is 0 Å². The minimum Gasteiger partial charge on any atom is -0.298 e. The fourth-order valence-corrected chi connectivity index (χ4v) is 2.44. The second-order valence-electron chi connectivity index (χ2n) is 4.27. The molecule has 0 atom stereocenters. The third-order valence-electron chi connectivity index (χ3n) is 2.72. The predicted molar refractivity (Wildman–Crippen MR) is 60.9 cm³/mol. The van der Waals surface area contributed by atoms with Crippen LogP contribution in [0.3, 0.4) is 0 Å². The fourth-order valence-electron chi connectivity index (χ4n) is 1.58. The molecule has 4 heteroatoms. The summed E-state index contributed by atoms with van der Waals surface area (Å²) in [6, 6.07) is 0. The first-order valence-electron chi connectivity index (χ1n) is 5.27. The number of hydrogen-bond donors (Lipinski definition) is 0. The Kier molecular flexibility index (Phi) is 3.17. The standard InChI is InChI=1S/C11H16N2OS/c1-8-11(15-7-12-8)6-13(2)5-10(14)9-3-4-9/h7,9H,3-6H2,1-2H3. The van der Waals surface area contributed by atoms with Crippen molar-refractivity contribution in [1.82, 2.24) is 9.88 Å². The third kappa shape index (κ3) is 2.86. The molecule has 1 heterocycles. The van der Waals surface area contributed by atoms with E-state index in [-0.39, 0.29) is 0 Å². The summed E-state index contributed by atoms with van der Waals surface area (Å²) in [5.74, 6) is 0.773. The fraction of sp³-hybridized carbons (Fsp3) is 0.636. The van der Waals surface area contributed by atoms with Gasteiger partial charge < -0.3 is 0 Å². The summed E-state index contributed by atoms with van der Waals surface area (Å²) in [6.07, 6.45) is 2.21. The molecule has 15 heavy (non-hydrogen) atoms. The molecule has 1 aromatic rings. The van der Waals surface area contributed by atoms with Crippen molar-refractivity contribution < 1.29 is 4.79 Å². The molecule has 0 N–H and O–H groups in total. The molecule has 0 aliphatic heterocycles. The van der Waals surface area contributed by atoms with Crippen LogP contribution < -0.4 is 0 Å². The van der Waals surface area contributed by atoms with Gasteiger partial charge in [-0.1, -0.05) is 0 Å². The number of Topliss-reactive ketones (excluding diaryl/α,β-unsaturated/α-hetero) is 1. The Labute approximate surface area is 94.1 Å². The molecule has 1 aromatic heterocycles. The lowest BCUT2D eigenvalue weighted by Gasteiger charge is -2.14. The molecule has 2 rings (SSSR count). The molecule has 1 aliphatic carbocycles. The summed E-state index contributed by atoms with van der Waals surface area (Å²) >= 11 is 1.66. The summed E-state index contributed by atoms with van der Waals surface area (Å²) in [6.45, 7) is 3.44. The number of ketones is 1. The van der Waals surface area contributed by atoms with E-state index in [1.54, 1.807) is 11.3 Å². The number of carbonyl (C=O) groups is 1. The van der Waals surface area contributed by atoms with E-state index in [1.165, 1.54) is 4.88 Å². The molecule has 0 bridgehead atoms. The van der Waals surface area contributed by atoms with Crippen LogP contribution in [-0.2, 0) is 11.3 Å². The first-order chi connectivity index (χ1) is 7.16. The molecule has 1 saturated carbocycles. The van der Waals surface area contributed by atoms with Crippen molar-refractivity contribution in [3.63, 3.8) is 0 Å². The zero-order valence-electron chi connectivity index (χ0n) is 9.19. The molecule has 0 radical (unpaired) electrons. The molecular weight excluding hydrogens is 208 g/mol. The van der Waals surface area contributed by atoms with E-state index in [9.17, 15) is 4.79 Å². The summed E-state index contributed by atoms with van der Waals surface area (Å²) in [5, 5.41) is 0. The van der Waals surface area contributed by atoms with Gasteiger partial charge in [0.2, 0.25) is 0 Å². The highest BCUT2D eigenvalue weighted by Gasteiger charge is 2.29. The number of carbonyl (C=O) groups excluding carboxylic acids is 1. The van der Waals surface area contributed by atoms with Crippen LogP contribution >= 0.6 is 11.3 Å². The van der Waals surface area contributed by atoms with Gasteiger partial charge in [-0.2, -0.15) is 0 Å². The van der Waals surface area contributed by atoms with Crippen LogP contribution in [0.4, 0.5) is 0 Å². The van der Waals surface area contributed by atoms with Gasteiger partial charge in [-0.15, -0.1) is 11.3 Å². The van der Waals surface area contributed by atoms with Gasteiger partial charge in [0.1, 0.15) is 5.78 Å². The van der Waals surface area contributed by atoms with E-state index >= 15 is 0 Å². The third-order valence-corrected chi connectivity index (χ3v) is 3.64. The molecule has 0 saturated heterocycles. The van der Waals surface area contributed by atoms with Crippen molar-refractivity contribution in [3.05, 3.63) is 16.1 Å². The van der Waals surface area contributed by atoms with E-state index in [1.807, 2.05) is 19.5 Å². The Morgan fingerprint density at radius 2 is 2.40 bits per heavy atom. The number of rotatable bonds is 5. The second-order valence-corrected chi connectivity index (χ2v) is 5.21. The smallest absolute Gasteiger partial charge is 0.149 e. The molecule has 82 valence electrons. The average Bonchev–Trinajstić information content (AvgIpc) is 2.94. The first-order valence-corrected chi connectivity index (χ1v) is 6.15. The Balaban J connectivity index is 1.84. The first kappa shape index (κ1) is 10.8. The lowest BCUT2D eigenvalue weighted by molar-refractivity contribution is -0.121. The van der Waals surface area contributed by atoms with Crippen LogP contribution in [0.5, 0.6) is 0 Å². The van der Waals surface area contributed by atoms with Crippen LogP contribution in [0, 0.1) is 12.8 Å². The summed E-state index contributed by atoms with van der Waals surface area (Å²) < 4.78 is 0. The van der Waals surface area contributed by atoms with Crippen LogP contribution in [0.1, 0.15) is 23.4 Å². The van der Waals surface area contributed by atoms with Crippen molar-refractivity contribution in [2.24, 2.45) is 5.92 Å². The maximum Gasteiger partial charge on any atom is 0.149 e. The number of thiazole rings is 1. The Hall–Kier alpha value is -0.740. The lowest BCUT2D eigenvalue weighted by Crippen LogP contribution is -2.26. The minimum atomic E-state index is 0.370. The van der Waals surface area contributed by atoms with E-state index in [4.69, 9.17) is 0 Å². The van der Waals surface area contributed by atoms with Gasteiger partial charge >= 0.3 is 0 Å². The SMILES string of the molecule is Cc1ncsc1CN(C)CC(=O)C1CC1. The minimum absolute atomic E-state index is 0.370. The molecule has 0 amide bonds. The maximum atomic E-state index is 11.6. The largest absolute Gasteiger partial charge is 0.298 e. The Morgan fingerprint density at radius 1 is 1.67 bits per heavy atom.